The van der Waals surface area contributed by atoms with Gasteiger partial charge in [0.05, 0.1) is 0 Å². The summed E-state index contributed by atoms with van der Waals surface area (Å²) in [6.45, 7) is 2.72. The van der Waals surface area contributed by atoms with Crippen LogP contribution < -0.4 is 5.32 Å². The molecule has 1 atom stereocenters. The number of hydrogen-bond acceptors (Lipinski definition) is 1. The van der Waals surface area contributed by atoms with Crippen molar-refractivity contribution in [1.82, 2.24) is 5.32 Å². The van der Waals surface area contributed by atoms with Gasteiger partial charge >= 0.3 is 0 Å². The summed E-state index contributed by atoms with van der Waals surface area (Å²) in [6, 6.07) is 1.21. The van der Waals surface area contributed by atoms with Crippen molar-refractivity contribution in [3.8, 4) is 0 Å². The predicted molar refractivity (Wildman–Crippen MR) is 73.9 cm³/mol. The van der Waals surface area contributed by atoms with E-state index in [9.17, 15) is 13.2 Å². The van der Waals surface area contributed by atoms with Crippen LogP contribution in [0.25, 0.3) is 0 Å². The highest BCUT2D eigenvalue weighted by molar-refractivity contribution is 5.25. The van der Waals surface area contributed by atoms with Gasteiger partial charge in [-0.1, -0.05) is 26.2 Å². The highest BCUT2D eigenvalue weighted by Crippen LogP contribution is 2.36. The minimum Gasteiger partial charge on any atom is -0.310 e. The van der Waals surface area contributed by atoms with Gasteiger partial charge in [-0.15, -0.1) is 0 Å². The van der Waals surface area contributed by atoms with Gasteiger partial charge in [-0.25, -0.2) is 13.2 Å². The van der Waals surface area contributed by atoms with Crippen LogP contribution in [0.4, 0.5) is 13.2 Å². The molecule has 4 heteroatoms. The van der Waals surface area contributed by atoms with Gasteiger partial charge in [0.15, 0.2) is 0 Å². The summed E-state index contributed by atoms with van der Waals surface area (Å²) in [5.74, 6) is -2.19. The summed E-state index contributed by atoms with van der Waals surface area (Å²) in [5.41, 5.74) is 0.00625. The zero-order valence-electron chi connectivity index (χ0n) is 11.9. The van der Waals surface area contributed by atoms with E-state index in [1.54, 1.807) is 0 Å². The first-order valence-electron chi connectivity index (χ1n) is 7.51. The standard InChI is InChI=1S/C16H22F3N/c1-2-8-20-16(11-6-4-3-5-7-11)15-13(18)9-12(17)10-14(15)19/h9-11,16,20H,2-8H2,1H3. The van der Waals surface area contributed by atoms with E-state index in [2.05, 4.69) is 5.32 Å². The van der Waals surface area contributed by atoms with Crippen LogP contribution in [0.3, 0.4) is 0 Å². The van der Waals surface area contributed by atoms with Crippen molar-refractivity contribution in [2.75, 3.05) is 6.54 Å². The normalized spacial score (nSPS) is 18.2. The lowest BCUT2D eigenvalue weighted by molar-refractivity contribution is 0.261. The van der Waals surface area contributed by atoms with Gasteiger partial charge in [-0.3, -0.25) is 0 Å². The molecule has 1 nitrogen and oxygen atoms in total. The third-order valence-electron chi connectivity index (χ3n) is 4.09. The zero-order chi connectivity index (χ0) is 14.5. The topological polar surface area (TPSA) is 12.0 Å². The van der Waals surface area contributed by atoms with Gasteiger partial charge in [-0.2, -0.15) is 0 Å². The van der Waals surface area contributed by atoms with E-state index in [0.29, 0.717) is 6.54 Å². The molecule has 2 rings (SSSR count). The fraction of sp³-hybridized carbons (Fsp3) is 0.625. The van der Waals surface area contributed by atoms with Crippen molar-refractivity contribution in [1.29, 1.82) is 0 Å². The van der Waals surface area contributed by atoms with Gasteiger partial charge in [-0.05, 0) is 31.7 Å². The van der Waals surface area contributed by atoms with Gasteiger partial charge in [0, 0.05) is 23.7 Å². The predicted octanol–water partition coefficient (Wildman–Crippen LogP) is 4.72. The van der Waals surface area contributed by atoms with E-state index in [1.165, 1.54) is 6.42 Å². The minimum absolute atomic E-state index is 0.00625. The third kappa shape index (κ3) is 3.54. The average molecular weight is 285 g/mol. The summed E-state index contributed by atoms with van der Waals surface area (Å²) in [5, 5.41) is 3.25. The largest absolute Gasteiger partial charge is 0.310 e. The molecule has 1 unspecified atom stereocenters. The maximum atomic E-state index is 14.0. The van der Waals surface area contributed by atoms with Crippen LogP contribution in [0.5, 0.6) is 0 Å². The van der Waals surface area contributed by atoms with Crippen molar-refractivity contribution in [2.24, 2.45) is 5.92 Å². The molecule has 0 saturated heterocycles. The molecule has 0 bridgehead atoms. The van der Waals surface area contributed by atoms with Gasteiger partial charge in [0.1, 0.15) is 17.5 Å². The van der Waals surface area contributed by atoms with Crippen molar-refractivity contribution in [2.45, 2.75) is 51.5 Å². The van der Waals surface area contributed by atoms with E-state index in [1.807, 2.05) is 6.92 Å². The number of halogens is 3. The Kier molecular flexibility index (Phi) is 5.46. The van der Waals surface area contributed by atoms with Crippen molar-refractivity contribution < 1.29 is 13.2 Å². The minimum atomic E-state index is -0.860. The van der Waals surface area contributed by atoms with E-state index in [0.717, 1.165) is 44.2 Å². The smallest absolute Gasteiger partial charge is 0.133 e. The Labute approximate surface area is 118 Å². The van der Waals surface area contributed by atoms with Gasteiger partial charge in [0.2, 0.25) is 0 Å². The molecule has 1 fully saturated rings. The van der Waals surface area contributed by atoms with E-state index in [-0.39, 0.29) is 17.5 Å². The molecule has 1 saturated carbocycles. The monoisotopic (exact) mass is 285 g/mol. The Balaban J connectivity index is 2.29. The fourth-order valence-electron chi connectivity index (χ4n) is 3.12. The lowest BCUT2D eigenvalue weighted by Crippen LogP contribution is -2.32. The van der Waals surface area contributed by atoms with Crippen LogP contribution in [0, 0.1) is 23.4 Å². The number of benzene rings is 1. The number of nitrogens with one attached hydrogen (secondary N) is 1. The summed E-state index contributed by atoms with van der Waals surface area (Å²) >= 11 is 0. The summed E-state index contributed by atoms with van der Waals surface area (Å²) in [4.78, 5) is 0. The Morgan fingerprint density at radius 1 is 1.10 bits per heavy atom. The van der Waals surface area contributed by atoms with Crippen molar-refractivity contribution in [3.63, 3.8) is 0 Å². The van der Waals surface area contributed by atoms with Crippen molar-refractivity contribution >= 4 is 0 Å². The second-order valence-corrected chi connectivity index (χ2v) is 5.61. The second-order valence-electron chi connectivity index (χ2n) is 5.61. The Morgan fingerprint density at radius 2 is 1.70 bits per heavy atom. The second kappa shape index (κ2) is 7.11. The first kappa shape index (κ1) is 15.4. The van der Waals surface area contributed by atoms with Crippen LogP contribution in [0.15, 0.2) is 12.1 Å². The fourth-order valence-corrected chi connectivity index (χ4v) is 3.12. The molecular weight excluding hydrogens is 263 g/mol. The molecule has 1 aromatic rings. The average Bonchev–Trinajstić information content (AvgIpc) is 2.42. The molecule has 0 aliphatic heterocycles. The van der Waals surface area contributed by atoms with E-state index < -0.39 is 17.5 Å². The molecule has 1 aliphatic carbocycles. The Hall–Kier alpha value is -1.03. The molecular formula is C16H22F3N. The zero-order valence-corrected chi connectivity index (χ0v) is 11.9. The van der Waals surface area contributed by atoms with E-state index in [4.69, 9.17) is 0 Å². The molecule has 0 heterocycles. The molecule has 0 spiro atoms. The summed E-state index contributed by atoms with van der Waals surface area (Å²) in [7, 11) is 0. The highest BCUT2D eigenvalue weighted by Gasteiger charge is 2.29. The molecule has 1 aromatic carbocycles. The van der Waals surface area contributed by atoms with Crippen LogP contribution in [-0.4, -0.2) is 6.54 Å². The molecule has 1 N–H and O–H groups in total. The van der Waals surface area contributed by atoms with Crippen LogP contribution in [0.2, 0.25) is 0 Å². The maximum Gasteiger partial charge on any atom is 0.133 e. The van der Waals surface area contributed by atoms with Gasteiger partial charge < -0.3 is 5.32 Å². The number of hydrogen-bond donors (Lipinski definition) is 1. The SMILES string of the molecule is CCCNC(c1c(F)cc(F)cc1F)C1CCCCC1. The number of rotatable bonds is 5. The van der Waals surface area contributed by atoms with Crippen molar-refractivity contribution in [3.05, 3.63) is 35.1 Å². The Morgan fingerprint density at radius 3 is 2.25 bits per heavy atom. The maximum absolute atomic E-state index is 14.0. The lowest BCUT2D eigenvalue weighted by Gasteiger charge is -2.32. The molecule has 0 amide bonds. The summed E-state index contributed by atoms with van der Waals surface area (Å²) in [6.07, 6.45) is 6.22. The van der Waals surface area contributed by atoms with Crippen LogP contribution in [-0.2, 0) is 0 Å². The van der Waals surface area contributed by atoms with Crippen LogP contribution >= 0.6 is 0 Å². The Bertz CT molecular complexity index is 418. The van der Waals surface area contributed by atoms with E-state index >= 15 is 0 Å². The van der Waals surface area contributed by atoms with Gasteiger partial charge in [0.25, 0.3) is 0 Å². The molecule has 0 aromatic heterocycles. The lowest BCUT2D eigenvalue weighted by atomic mass is 9.80. The quantitative estimate of drug-likeness (QED) is 0.825. The molecule has 20 heavy (non-hydrogen) atoms. The first-order valence-corrected chi connectivity index (χ1v) is 7.51. The first-order chi connectivity index (χ1) is 9.63. The highest BCUT2D eigenvalue weighted by atomic mass is 19.1. The molecule has 0 radical (unpaired) electrons. The third-order valence-corrected chi connectivity index (χ3v) is 4.09. The molecule has 112 valence electrons. The van der Waals surface area contributed by atoms with Crippen LogP contribution in [0.1, 0.15) is 57.1 Å². The summed E-state index contributed by atoms with van der Waals surface area (Å²) < 4.78 is 41.1. The molecule has 1 aliphatic rings.